The first-order valence-corrected chi connectivity index (χ1v) is 6.95. The number of nitrogens with zero attached hydrogens (tertiary/aromatic N) is 1. The lowest BCUT2D eigenvalue weighted by molar-refractivity contribution is 0.177. The second-order valence-corrected chi connectivity index (χ2v) is 5.20. The van der Waals surface area contributed by atoms with Crippen molar-refractivity contribution >= 4 is 0 Å². The van der Waals surface area contributed by atoms with Crippen LogP contribution in [0.2, 0.25) is 0 Å². The summed E-state index contributed by atoms with van der Waals surface area (Å²) in [5, 5.41) is 0. The highest BCUT2D eigenvalue weighted by Gasteiger charge is 2.24. The van der Waals surface area contributed by atoms with Gasteiger partial charge in [-0.2, -0.15) is 0 Å². The summed E-state index contributed by atoms with van der Waals surface area (Å²) in [5.41, 5.74) is 1.75. The van der Waals surface area contributed by atoms with Crippen LogP contribution in [-0.4, -0.2) is 18.0 Å². The Labute approximate surface area is 103 Å². The molecule has 0 aliphatic rings. The fourth-order valence-corrected chi connectivity index (χ4v) is 2.10. The van der Waals surface area contributed by atoms with Crippen LogP contribution in [-0.2, 0) is 0 Å². The first-order chi connectivity index (χ1) is 7.52. The number of rotatable bonds is 9. The molecule has 0 aromatic heterocycles. The predicted octanol–water partition coefficient (Wildman–Crippen LogP) is 4.84. The van der Waals surface area contributed by atoms with Gasteiger partial charge in [-0.3, -0.25) is 0 Å². The molecule has 0 saturated heterocycles. The lowest BCUT2D eigenvalue weighted by Gasteiger charge is -2.36. The second-order valence-electron chi connectivity index (χ2n) is 5.20. The quantitative estimate of drug-likeness (QED) is 0.543. The van der Waals surface area contributed by atoms with Crippen molar-refractivity contribution in [2.24, 2.45) is 5.41 Å². The molecule has 0 aliphatic heterocycles. The highest BCUT2D eigenvalue weighted by molar-refractivity contribution is 4.94. The lowest BCUT2D eigenvalue weighted by atomic mass is 9.81. The van der Waals surface area contributed by atoms with E-state index in [1.807, 2.05) is 0 Å². The normalized spacial score (nSPS) is 14.6. The van der Waals surface area contributed by atoms with Crippen molar-refractivity contribution in [1.82, 2.24) is 4.90 Å². The highest BCUT2D eigenvalue weighted by atomic mass is 15.1. The average molecular weight is 225 g/mol. The largest absolute Gasteiger partial charge is 0.375 e. The molecule has 96 valence electrons. The summed E-state index contributed by atoms with van der Waals surface area (Å²) in [7, 11) is 0. The van der Waals surface area contributed by atoms with Gasteiger partial charge in [0.25, 0.3) is 0 Å². The Morgan fingerprint density at radius 2 is 1.81 bits per heavy atom. The molecule has 0 heterocycles. The summed E-state index contributed by atoms with van der Waals surface area (Å²) in [5.74, 6) is 0. The molecule has 0 radical (unpaired) electrons. The Hall–Kier alpha value is -0.460. The van der Waals surface area contributed by atoms with Gasteiger partial charge in [-0.15, -0.1) is 0 Å². The van der Waals surface area contributed by atoms with Crippen LogP contribution in [0.15, 0.2) is 12.3 Å². The molecule has 0 bridgehead atoms. The molecular weight excluding hydrogens is 194 g/mol. The maximum atomic E-state index is 4.17. The molecule has 0 rings (SSSR count). The third kappa shape index (κ3) is 5.05. The van der Waals surface area contributed by atoms with Gasteiger partial charge in [-0.05, 0) is 31.6 Å². The van der Waals surface area contributed by atoms with E-state index in [1.165, 1.54) is 37.9 Å². The van der Waals surface area contributed by atoms with E-state index in [2.05, 4.69) is 46.1 Å². The maximum Gasteiger partial charge on any atom is 0.0228 e. The number of hydrogen-bond donors (Lipinski definition) is 0. The van der Waals surface area contributed by atoms with E-state index in [1.54, 1.807) is 0 Å². The minimum absolute atomic E-state index is 0.462. The van der Waals surface area contributed by atoms with E-state index in [-0.39, 0.29) is 0 Å². The van der Waals surface area contributed by atoms with Crippen LogP contribution in [0.25, 0.3) is 0 Å². The summed E-state index contributed by atoms with van der Waals surface area (Å²) < 4.78 is 0. The zero-order valence-corrected chi connectivity index (χ0v) is 12.1. The van der Waals surface area contributed by atoms with E-state index < -0.39 is 0 Å². The molecule has 0 fully saturated rings. The Bertz CT molecular complexity index is 198. The summed E-state index contributed by atoms with van der Waals surface area (Å²) in [6, 6.07) is 0. The van der Waals surface area contributed by atoms with Crippen molar-refractivity contribution in [1.29, 1.82) is 0 Å². The minimum Gasteiger partial charge on any atom is -0.375 e. The van der Waals surface area contributed by atoms with Crippen LogP contribution in [0.4, 0.5) is 0 Å². The van der Waals surface area contributed by atoms with Gasteiger partial charge >= 0.3 is 0 Å². The van der Waals surface area contributed by atoms with Gasteiger partial charge in [0, 0.05) is 18.8 Å². The molecule has 0 aromatic carbocycles. The monoisotopic (exact) mass is 225 g/mol. The van der Waals surface area contributed by atoms with Gasteiger partial charge in [0.15, 0.2) is 0 Å². The van der Waals surface area contributed by atoms with Crippen molar-refractivity contribution in [2.45, 2.75) is 66.7 Å². The highest BCUT2D eigenvalue weighted by Crippen LogP contribution is 2.30. The molecule has 0 N–H and O–H groups in total. The Morgan fingerprint density at radius 1 is 1.19 bits per heavy atom. The molecule has 0 spiro atoms. The number of allylic oxidation sites excluding steroid dienone is 1. The summed E-state index contributed by atoms with van der Waals surface area (Å²) >= 11 is 0. The van der Waals surface area contributed by atoms with Crippen molar-refractivity contribution in [3.8, 4) is 0 Å². The van der Waals surface area contributed by atoms with E-state index in [9.17, 15) is 0 Å². The molecule has 0 aliphatic carbocycles. The van der Waals surface area contributed by atoms with E-state index in [4.69, 9.17) is 0 Å². The molecule has 1 unspecified atom stereocenters. The summed E-state index contributed by atoms with van der Waals surface area (Å²) in [4.78, 5) is 2.46. The standard InChI is InChI=1S/C15H31N/c1-7-11-12-15(6,9-3)13-16(10-4)14(5)8-2/h5,7-13H2,1-4,6H3. The van der Waals surface area contributed by atoms with E-state index >= 15 is 0 Å². The van der Waals surface area contributed by atoms with Gasteiger partial charge in [0.1, 0.15) is 0 Å². The molecule has 0 amide bonds. The zero-order chi connectivity index (χ0) is 12.6. The van der Waals surface area contributed by atoms with Gasteiger partial charge in [0.05, 0.1) is 0 Å². The summed E-state index contributed by atoms with van der Waals surface area (Å²) in [6.45, 7) is 17.9. The van der Waals surface area contributed by atoms with Crippen LogP contribution in [0, 0.1) is 5.41 Å². The average Bonchev–Trinajstić information content (AvgIpc) is 2.32. The summed E-state index contributed by atoms with van der Waals surface area (Å²) in [6.07, 6.45) is 6.33. The lowest BCUT2D eigenvalue weighted by Crippen LogP contribution is -2.34. The topological polar surface area (TPSA) is 3.24 Å². The molecular formula is C15H31N. The van der Waals surface area contributed by atoms with Crippen molar-refractivity contribution in [2.75, 3.05) is 13.1 Å². The number of unbranched alkanes of at least 4 members (excludes halogenated alkanes) is 1. The van der Waals surface area contributed by atoms with E-state index in [0.29, 0.717) is 5.41 Å². The van der Waals surface area contributed by atoms with Crippen LogP contribution in [0.3, 0.4) is 0 Å². The van der Waals surface area contributed by atoms with Gasteiger partial charge < -0.3 is 4.90 Å². The predicted molar refractivity (Wildman–Crippen MR) is 74.6 cm³/mol. The second kappa shape index (κ2) is 7.76. The fourth-order valence-electron chi connectivity index (χ4n) is 2.10. The Morgan fingerprint density at radius 3 is 2.19 bits per heavy atom. The van der Waals surface area contributed by atoms with E-state index in [0.717, 1.165) is 13.0 Å². The Balaban J connectivity index is 4.41. The van der Waals surface area contributed by atoms with Crippen LogP contribution < -0.4 is 0 Å². The van der Waals surface area contributed by atoms with Crippen molar-refractivity contribution in [3.05, 3.63) is 12.3 Å². The third-order valence-electron chi connectivity index (χ3n) is 3.80. The maximum absolute atomic E-state index is 4.17. The van der Waals surface area contributed by atoms with Gasteiger partial charge in [-0.25, -0.2) is 0 Å². The van der Waals surface area contributed by atoms with Crippen LogP contribution in [0.5, 0.6) is 0 Å². The van der Waals surface area contributed by atoms with Crippen molar-refractivity contribution in [3.63, 3.8) is 0 Å². The minimum atomic E-state index is 0.462. The number of hydrogen-bond acceptors (Lipinski definition) is 1. The first-order valence-electron chi connectivity index (χ1n) is 6.95. The van der Waals surface area contributed by atoms with Crippen LogP contribution in [0.1, 0.15) is 66.7 Å². The smallest absolute Gasteiger partial charge is 0.0228 e. The van der Waals surface area contributed by atoms with Gasteiger partial charge in [0.2, 0.25) is 0 Å². The molecule has 16 heavy (non-hydrogen) atoms. The molecule has 1 atom stereocenters. The molecule has 1 heteroatoms. The third-order valence-corrected chi connectivity index (χ3v) is 3.80. The molecule has 0 aromatic rings. The van der Waals surface area contributed by atoms with Crippen LogP contribution >= 0.6 is 0 Å². The fraction of sp³-hybridized carbons (Fsp3) is 0.867. The Kier molecular flexibility index (Phi) is 7.53. The van der Waals surface area contributed by atoms with Gasteiger partial charge in [-0.1, -0.05) is 47.1 Å². The SMILES string of the molecule is C=C(CC)N(CC)CC(C)(CC)CCCC. The van der Waals surface area contributed by atoms with Crippen molar-refractivity contribution < 1.29 is 0 Å². The molecule has 1 nitrogen and oxygen atoms in total. The first kappa shape index (κ1) is 15.5. The molecule has 0 saturated carbocycles. The zero-order valence-electron chi connectivity index (χ0n) is 12.1.